The van der Waals surface area contributed by atoms with E-state index in [-0.39, 0.29) is 5.91 Å². The number of carbonyl (C=O) groups is 1. The van der Waals surface area contributed by atoms with Crippen LogP contribution < -0.4 is 9.64 Å². The molecule has 6 heteroatoms. The van der Waals surface area contributed by atoms with E-state index in [4.69, 9.17) is 4.74 Å². The lowest BCUT2D eigenvalue weighted by molar-refractivity contribution is 0.0992. The van der Waals surface area contributed by atoms with Crippen LogP contribution in [-0.4, -0.2) is 25.0 Å². The maximum Gasteiger partial charge on any atom is 0.261 e. The number of para-hydroxylation sites is 1. The van der Waals surface area contributed by atoms with Crippen LogP contribution in [-0.2, 0) is 0 Å². The van der Waals surface area contributed by atoms with Gasteiger partial charge in [-0.3, -0.25) is 9.69 Å². The van der Waals surface area contributed by atoms with Gasteiger partial charge < -0.3 is 4.74 Å². The molecule has 0 unspecified atom stereocenters. The quantitative estimate of drug-likeness (QED) is 0.682. The number of carbonyl (C=O) groups excluding carboxylic acids is 1. The van der Waals surface area contributed by atoms with Crippen molar-refractivity contribution in [3.8, 4) is 5.75 Å². The molecular weight excluding hydrogens is 364 g/mol. The fourth-order valence-electron chi connectivity index (χ4n) is 2.07. The van der Waals surface area contributed by atoms with E-state index in [0.29, 0.717) is 16.4 Å². The fraction of sp³-hybridized carbons (Fsp3) is 0.125. The van der Waals surface area contributed by atoms with Crippen molar-refractivity contribution < 1.29 is 9.53 Å². The van der Waals surface area contributed by atoms with Crippen molar-refractivity contribution >= 4 is 48.5 Å². The number of hydrogen-bond donors (Lipinski definition) is 0. The van der Waals surface area contributed by atoms with E-state index in [1.807, 2.05) is 24.3 Å². The summed E-state index contributed by atoms with van der Waals surface area (Å²) in [6.45, 7) is 0. The second kappa shape index (κ2) is 6.06. The molecule has 0 bridgehead atoms. The number of hydrogen-bond acceptors (Lipinski definition) is 4. The summed E-state index contributed by atoms with van der Waals surface area (Å²) in [5.41, 5.74) is 1.44. The summed E-state index contributed by atoms with van der Waals surface area (Å²) >= 11 is 4.91. The predicted molar refractivity (Wildman–Crippen MR) is 93.0 cm³/mol. The van der Waals surface area contributed by atoms with E-state index in [0.717, 1.165) is 14.7 Å². The highest BCUT2D eigenvalue weighted by Gasteiger charge is 2.20. The van der Waals surface area contributed by atoms with Crippen molar-refractivity contribution in [2.45, 2.75) is 0 Å². The van der Waals surface area contributed by atoms with Crippen molar-refractivity contribution in [2.24, 2.45) is 0 Å². The number of rotatable bonds is 3. The zero-order valence-corrected chi connectivity index (χ0v) is 14.4. The van der Waals surface area contributed by atoms with Crippen LogP contribution in [0.4, 0.5) is 5.13 Å². The van der Waals surface area contributed by atoms with Gasteiger partial charge in [-0.05, 0) is 46.3 Å². The third-order valence-electron chi connectivity index (χ3n) is 3.28. The minimum Gasteiger partial charge on any atom is -0.497 e. The number of aromatic nitrogens is 1. The average molecular weight is 377 g/mol. The third-order valence-corrected chi connectivity index (χ3v) is 5.08. The monoisotopic (exact) mass is 376 g/mol. The van der Waals surface area contributed by atoms with Gasteiger partial charge in [-0.15, -0.1) is 0 Å². The molecule has 3 rings (SSSR count). The first-order valence-corrected chi connectivity index (χ1v) is 8.18. The smallest absolute Gasteiger partial charge is 0.261 e. The molecule has 0 atom stereocenters. The first kappa shape index (κ1) is 15.0. The van der Waals surface area contributed by atoms with Gasteiger partial charge in [0.2, 0.25) is 0 Å². The largest absolute Gasteiger partial charge is 0.497 e. The number of nitrogens with zero attached hydrogens (tertiary/aromatic N) is 2. The van der Waals surface area contributed by atoms with Gasteiger partial charge in [0.05, 0.1) is 22.9 Å². The van der Waals surface area contributed by atoms with E-state index in [1.165, 1.54) is 11.3 Å². The molecule has 0 radical (unpaired) electrons. The van der Waals surface area contributed by atoms with Gasteiger partial charge >= 0.3 is 0 Å². The summed E-state index contributed by atoms with van der Waals surface area (Å²) in [4.78, 5) is 18.8. The highest BCUT2D eigenvalue weighted by molar-refractivity contribution is 9.10. The third kappa shape index (κ3) is 2.71. The molecule has 0 saturated heterocycles. The molecule has 112 valence electrons. The first-order valence-electron chi connectivity index (χ1n) is 6.57. The number of fused-ring (bicyclic) bond motifs is 1. The Balaban J connectivity index is 1.97. The van der Waals surface area contributed by atoms with Gasteiger partial charge in [0.25, 0.3) is 5.91 Å². The lowest BCUT2D eigenvalue weighted by Gasteiger charge is -2.15. The summed E-state index contributed by atoms with van der Waals surface area (Å²) < 4.78 is 6.97. The highest BCUT2D eigenvalue weighted by atomic mass is 79.9. The molecule has 22 heavy (non-hydrogen) atoms. The zero-order chi connectivity index (χ0) is 15.7. The summed E-state index contributed by atoms with van der Waals surface area (Å²) in [6, 6.07) is 13.2. The molecule has 0 aliphatic heterocycles. The molecule has 0 spiro atoms. The molecular formula is C16H13BrN2O2S. The Bertz CT molecular complexity index is 814. The van der Waals surface area contributed by atoms with Crippen LogP contribution in [0.2, 0.25) is 0 Å². The van der Waals surface area contributed by atoms with E-state index >= 15 is 0 Å². The Morgan fingerprint density at radius 3 is 2.77 bits per heavy atom. The van der Waals surface area contributed by atoms with Crippen LogP contribution >= 0.6 is 27.3 Å². The number of anilines is 1. The fourth-order valence-corrected chi connectivity index (χ4v) is 3.41. The lowest BCUT2D eigenvalue weighted by atomic mass is 10.2. The van der Waals surface area contributed by atoms with Crippen molar-refractivity contribution in [3.05, 3.63) is 52.5 Å². The molecule has 0 aliphatic rings. The Morgan fingerprint density at radius 2 is 2.05 bits per heavy atom. The average Bonchev–Trinajstić information content (AvgIpc) is 2.98. The van der Waals surface area contributed by atoms with Crippen molar-refractivity contribution in [3.63, 3.8) is 0 Å². The van der Waals surface area contributed by atoms with Crippen LogP contribution in [0.5, 0.6) is 5.75 Å². The van der Waals surface area contributed by atoms with E-state index in [9.17, 15) is 4.79 Å². The number of halogens is 1. The maximum atomic E-state index is 12.7. The van der Waals surface area contributed by atoms with Gasteiger partial charge in [0.15, 0.2) is 5.13 Å². The molecule has 1 aromatic heterocycles. The highest BCUT2D eigenvalue weighted by Crippen LogP contribution is 2.30. The molecule has 0 aliphatic carbocycles. The van der Waals surface area contributed by atoms with Gasteiger partial charge in [0, 0.05) is 11.5 Å². The molecule has 0 saturated carbocycles. The molecule has 3 aromatic rings. The molecule has 0 N–H and O–H groups in total. The minimum absolute atomic E-state index is 0.134. The lowest BCUT2D eigenvalue weighted by Crippen LogP contribution is -2.26. The summed E-state index contributed by atoms with van der Waals surface area (Å²) in [5, 5.41) is 0.668. The molecule has 1 heterocycles. The Morgan fingerprint density at radius 1 is 1.27 bits per heavy atom. The van der Waals surface area contributed by atoms with Crippen molar-refractivity contribution in [1.82, 2.24) is 4.98 Å². The minimum atomic E-state index is -0.134. The molecule has 2 aromatic carbocycles. The van der Waals surface area contributed by atoms with E-state index in [2.05, 4.69) is 20.9 Å². The standard InChI is InChI=1S/C16H13BrN2O2S/c1-19(16-18-13-5-3-4-6-14(13)22-16)15(20)11-9-10(21-2)7-8-12(11)17/h3-9H,1-2H3. The second-order valence-electron chi connectivity index (χ2n) is 4.67. The second-order valence-corrected chi connectivity index (χ2v) is 6.54. The Labute approximate surface area is 140 Å². The normalized spacial score (nSPS) is 10.7. The Hall–Kier alpha value is -1.92. The van der Waals surface area contributed by atoms with Gasteiger partial charge in [-0.25, -0.2) is 4.98 Å². The summed E-state index contributed by atoms with van der Waals surface area (Å²) in [7, 11) is 3.31. The maximum absolute atomic E-state index is 12.7. The molecule has 4 nitrogen and oxygen atoms in total. The van der Waals surface area contributed by atoms with Gasteiger partial charge in [-0.2, -0.15) is 0 Å². The predicted octanol–water partition coefficient (Wildman–Crippen LogP) is 4.34. The van der Waals surface area contributed by atoms with E-state index in [1.54, 1.807) is 37.3 Å². The number of benzene rings is 2. The van der Waals surface area contributed by atoms with Gasteiger partial charge in [-0.1, -0.05) is 23.5 Å². The first-order chi connectivity index (χ1) is 10.6. The summed E-state index contributed by atoms with van der Waals surface area (Å²) in [6.07, 6.45) is 0. The SMILES string of the molecule is COc1ccc(Br)c(C(=O)N(C)c2nc3ccccc3s2)c1. The van der Waals surface area contributed by atoms with Gasteiger partial charge in [0.1, 0.15) is 5.75 Å². The van der Waals surface area contributed by atoms with E-state index < -0.39 is 0 Å². The summed E-state index contributed by atoms with van der Waals surface area (Å²) in [5.74, 6) is 0.508. The number of methoxy groups -OCH3 is 1. The number of thiazole rings is 1. The Kier molecular flexibility index (Phi) is 4.13. The zero-order valence-electron chi connectivity index (χ0n) is 12.0. The van der Waals surface area contributed by atoms with Crippen LogP contribution in [0.3, 0.4) is 0 Å². The number of ether oxygens (including phenoxy) is 1. The van der Waals surface area contributed by atoms with Crippen molar-refractivity contribution in [1.29, 1.82) is 0 Å². The van der Waals surface area contributed by atoms with Crippen LogP contribution in [0.1, 0.15) is 10.4 Å². The number of amides is 1. The topological polar surface area (TPSA) is 42.4 Å². The van der Waals surface area contributed by atoms with Crippen LogP contribution in [0, 0.1) is 0 Å². The van der Waals surface area contributed by atoms with Crippen molar-refractivity contribution in [2.75, 3.05) is 19.1 Å². The molecule has 0 fully saturated rings. The molecule has 1 amide bonds. The van der Waals surface area contributed by atoms with Crippen LogP contribution in [0.25, 0.3) is 10.2 Å². The van der Waals surface area contributed by atoms with Crippen LogP contribution in [0.15, 0.2) is 46.9 Å².